The number of hydrogen-bond acceptors (Lipinski definition) is 3. The van der Waals surface area contributed by atoms with Gasteiger partial charge in [-0.2, -0.15) is 0 Å². The van der Waals surface area contributed by atoms with Gasteiger partial charge in [-0.3, -0.25) is 4.79 Å². The Hall–Kier alpha value is -0.610. The molecule has 0 spiro atoms. The second-order valence-electron chi connectivity index (χ2n) is 5.65. The van der Waals surface area contributed by atoms with Gasteiger partial charge in [0.25, 0.3) is 0 Å². The van der Waals surface area contributed by atoms with E-state index in [1.807, 2.05) is 6.92 Å². The summed E-state index contributed by atoms with van der Waals surface area (Å²) in [6.07, 6.45) is 6.05. The first-order valence-corrected chi connectivity index (χ1v) is 7.66. The van der Waals surface area contributed by atoms with Crippen molar-refractivity contribution < 1.29 is 14.6 Å². The van der Waals surface area contributed by atoms with Crippen molar-refractivity contribution in [3.05, 3.63) is 0 Å². The Labute approximate surface area is 116 Å². The van der Waals surface area contributed by atoms with Crippen LogP contribution in [0.25, 0.3) is 0 Å². The fourth-order valence-electron chi connectivity index (χ4n) is 3.28. The smallest absolute Gasteiger partial charge is 0.324 e. The predicted octanol–water partition coefficient (Wildman–Crippen LogP) is 2.81. The van der Waals surface area contributed by atoms with Crippen LogP contribution in [0.5, 0.6) is 0 Å². The molecule has 19 heavy (non-hydrogen) atoms. The molecule has 0 amide bonds. The highest BCUT2D eigenvalue weighted by molar-refractivity contribution is 5.79. The highest BCUT2D eigenvalue weighted by Crippen LogP contribution is 2.38. The summed E-state index contributed by atoms with van der Waals surface area (Å²) in [5.41, 5.74) is -0.716. The Bertz CT molecular complexity index is 283. The van der Waals surface area contributed by atoms with E-state index in [4.69, 9.17) is 4.74 Å². The Morgan fingerprint density at radius 1 is 1.53 bits per heavy atom. The molecular formula is C15H29NO3. The molecule has 1 fully saturated rings. The first-order chi connectivity index (χ1) is 9.06. The molecule has 4 heteroatoms. The summed E-state index contributed by atoms with van der Waals surface area (Å²) in [6.45, 7) is 7.59. The Balaban J connectivity index is 2.48. The van der Waals surface area contributed by atoms with E-state index in [1.165, 1.54) is 0 Å². The van der Waals surface area contributed by atoms with Crippen LogP contribution in [-0.4, -0.2) is 35.9 Å². The standard InChI is InChI=1S/C15H29NO3/c1-4-7-12(3)19-11-9-13-8-6-10-15(13,14(17)18)16-5-2/h12-13,16H,4-11H2,1-3H3,(H,17,18). The number of aliphatic carboxylic acids is 1. The van der Waals surface area contributed by atoms with Crippen LogP contribution in [0, 0.1) is 5.92 Å². The molecule has 4 nitrogen and oxygen atoms in total. The van der Waals surface area contributed by atoms with Crippen LogP contribution >= 0.6 is 0 Å². The van der Waals surface area contributed by atoms with Gasteiger partial charge in [-0.05, 0) is 45.1 Å². The fraction of sp³-hybridized carbons (Fsp3) is 0.933. The van der Waals surface area contributed by atoms with Gasteiger partial charge < -0.3 is 15.2 Å². The lowest BCUT2D eigenvalue weighted by atomic mass is 9.84. The molecule has 0 heterocycles. The molecule has 1 aliphatic carbocycles. The summed E-state index contributed by atoms with van der Waals surface area (Å²) >= 11 is 0. The van der Waals surface area contributed by atoms with Gasteiger partial charge in [0.05, 0.1) is 6.10 Å². The van der Waals surface area contributed by atoms with E-state index < -0.39 is 11.5 Å². The summed E-state index contributed by atoms with van der Waals surface area (Å²) in [5.74, 6) is -0.503. The van der Waals surface area contributed by atoms with Crippen molar-refractivity contribution in [1.82, 2.24) is 5.32 Å². The topological polar surface area (TPSA) is 58.6 Å². The summed E-state index contributed by atoms with van der Waals surface area (Å²) in [6, 6.07) is 0. The third kappa shape index (κ3) is 4.18. The third-order valence-corrected chi connectivity index (χ3v) is 4.26. The SMILES string of the molecule is CCCC(C)OCCC1CCCC1(NCC)C(=O)O. The highest BCUT2D eigenvalue weighted by Gasteiger charge is 2.48. The van der Waals surface area contributed by atoms with E-state index in [9.17, 15) is 9.90 Å². The minimum Gasteiger partial charge on any atom is -0.480 e. The second-order valence-corrected chi connectivity index (χ2v) is 5.65. The number of likely N-dealkylation sites (N-methyl/N-ethyl adjacent to an activating group) is 1. The van der Waals surface area contributed by atoms with Crippen molar-refractivity contribution in [2.75, 3.05) is 13.2 Å². The Morgan fingerprint density at radius 3 is 2.84 bits per heavy atom. The molecule has 0 saturated heterocycles. The molecule has 0 aromatic carbocycles. The van der Waals surface area contributed by atoms with E-state index >= 15 is 0 Å². The Morgan fingerprint density at radius 2 is 2.26 bits per heavy atom. The number of hydrogen-bond donors (Lipinski definition) is 2. The van der Waals surface area contributed by atoms with Crippen molar-refractivity contribution in [2.24, 2.45) is 5.92 Å². The van der Waals surface area contributed by atoms with Crippen LogP contribution in [0.4, 0.5) is 0 Å². The number of nitrogens with one attached hydrogen (secondary N) is 1. The van der Waals surface area contributed by atoms with Crippen LogP contribution < -0.4 is 5.32 Å². The van der Waals surface area contributed by atoms with Gasteiger partial charge in [0.1, 0.15) is 5.54 Å². The molecule has 2 N–H and O–H groups in total. The fourth-order valence-corrected chi connectivity index (χ4v) is 3.28. The molecule has 0 aromatic heterocycles. The quantitative estimate of drug-likeness (QED) is 0.677. The summed E-state index contributed by atoms with van der Waals surface area (Å²) in [7, 11) is 0. The number of rotatable bonds is 9. The molecule has 3 unspecified atom stereocenters. The first kappa shape index (κ1) is 16.4. The number of carbonyl (C=O) groups is 1. The normalized spacial score (nSPS) is 28.5. The monoisotopic (exact) mass is 271 g/mol. The van der Waals surface area contributed by atoms with Crippen LogP contribution in [0.15, 0.2) is 0 Å². The average molecular weight is 271 g/mol. The highest BCUT2D eigenvalue weighted by atomic mass is 16.5. The van der Waals surface area contributed by atoms with Crippen molar-refractivity contribution in [2.45, 2.75) is 70.9 Å². The molecule has 112 valence electrons. The molecule has 0 radical (unpaired) electrons. The maximum absolute atomic E-state index is 11.6. The van der Waals surface area contributed by atoms with Gasteiger partial charge in [-0.1, -0.05) is 26.7 Å². The second kappa shape index (κ2) is 7.85. The van der Waals surface area contributed by atoms with Crippen LogP contribution in [0.2, 0.25) is 0 Å². The zero-order valence-electron chi connectivity index (χ0n) is 12.6. The van der Waals surface area contributed by atoms with E-state index in [0.717, 1.165) is 38.5 Å². The Kier molecular flexibility index (Phi) is 6.80. The van der Waals surface area contributed by atoms with Crippen molar-refractivity contribution in [3.8, 4) is 0 Å². The summed E-state index contributed by atoms with van der Waals surface area (Å²) in [5, 5.41) is 12.8. The minimum atomic E-state index is -0.716. The van der Waals surface area contributed by atoms with E-state index in [0.29, 0.717) is 13.2 Å². The maximum Gasteiger partial charge on any atom is 0.324 e. The lowest BCUT2D eigenvalue weighted by Crippen LogP contribution is -2.55. The maximum atomic E-state index is 11.6. The molecule has 1 rings (SSSR count). The lowest BCUT2D eigenvalue weighted by molar-refractivity contribution is -0.147. The average Bonchev–Trinajstić information content (AvgIpc) is 2.74. The first-order valence-electron chi connectivity index (χ1n) is 7.66. The minimum absolute atomic E-state index is 0.193. The molecule has 1 aliphatic rings. The predicted molar refractivity (Wildman–Crippen MR) is 76.3 cm³/mol. The molecule has 3 atom stereocenters. The molecule has 1 saturated carbocycles. The van der Waals surface area contributed by atoms with E-state index in [2.05, 4.69) is 19.2 Å². The van der Waals surface area contributed by atoms with Crippen molar-refractivity contribution >= 4 is 5.97 Å². The molecular weight excluding hydrogens is 242 g/mol. The van der Waals surface area contributed by atoms with Gasteiger partial charge in [-0.25, -0.2) is 0 Å². The third-order valence-electron chi connectivity index (χ3n) is 4.26. The van der Waals surface area contributed by atoms with E-state index in [1.54, 1.807) is 0 Å². The molecule has 0 aliphatic heterocycles. The number of carboxylic acids is 1. The number of ether oxygens (including phenoxy) is 1. The largest absolute Gasteiger partial charge is 0.480 e. The summed E-state index contributed by atoms with van der Waals surface area (Å²) < 4.78 is 5.77. The van der Waals surface area contributed by atoms with Crippen molar-refractivity contribution in [1.29, 1.82) is 0 Å². The zero-order chi connectivity index (χ0) is 14.3. The van der Waals surface area contributed by atoms with E-state index in [-0.39, 0.29) is 12.0 Å². The van der Waals surface area contributed by atoms with Gasteiger partial charge in [0.15, 0.2) is 0 Å². The summed E-state index contributed by atoms with van der Waals surface area (Å²) in [4.78, 5) is 11.6. The van der Waals surface area contributed by atoms with Gasteiger partial charge >= 0.3 is 5.97 Å². The zero-order valence-corrected chi connectivity index (χ0v) is 12.6. The van der Waals surface area contributed by atoms with Crippen LogP contribution in [0.3, 0.4) is 0 Å². The number of carboxylic acid groups (broad SMARTS) is 1. The van der Waals surface area contributed by atoms with Crippen molar-refractivity contribution in [3.63, 3.8) is 0 Å². The lowest BCUT2D eigenvalue weighted by Gasteiger charge is -2.32. The van der Waals surface area contributed by atoms with Gasteiger partial charge in [0, 0.05) is 6.61 Å². The van der Waals surface area contributed by atoms with Crippen LogP contribution in [-0.2, 0) is 9.53 Å². The van der Waals surface area contributed by atoms with Gasteiger partial charge in [0.2, 0.25) is 0 Å². The van der Waals surface area contributed by atoms with Gasteiger partial charge in [-0.15, -0.1) is 0 Å². The molecule has 0 aromatic rings. The van der Waals surface area contributed by atoms with Crippen LogP contribution in [0.1, 0.15) is 59.3 Å². The molecule has 0 bridgehead atoms.